The van der Waals surface area contributed by atoms with Crippen molar-refractivity contribution in [1.82, 2.24) is 15.3 Å². The SMILES string of the molecule is O=C(Nc1cccc(-c2ncc[nH]2)c1)C1CC12CCNCC2. The first-order valence-electron chi connectivity index (χ1n) is 7.88. The minimum Gasteiger partial charge on any atom is -0.345 e. The molecule has 1 saturated carbocycles. The number of carbonyl (C=O) groups excluding carboxylic acids is 1. The fraction of sp³-hybridized carbons (Fsp3) is 0.412. The largest absolute Gasteiger partial charge is 0.345 e. The molecular formula is C17H20N4O. The van der Waals surface area contributed by atoms with Gasteiger partial charge in [0.15, 0.2) is 0 Å². The first kappa shape index (κ1) is 13.5. The molecule has 1 aromatic carbocycles. The second-order valence-corrected chi connectivity index (χ2v) is 6.38. The number of rotatable bonds is 3. The Kier molecular flexibility index (Phi) is 3.22. The van der Waals surface area contributed by atoms with Crippen LogP contribution in [0.4, 0.5) is 5.69 Å². The maximum absolute atomic E-state index is 12.5. The molecule has 2 aromatic rings. The van der Waals surface area contributed by atoms with Crippen molar-refractivity contribution in [2.75, 3.05) is 18.4 Å². The highest BCUT2D eigenvalue weighted by atomic mass is 16.2. The molecule has 2 fully saturated rings. The molecule has 1 atom stereocenters. The van der Waals surface area contributed by atoms with Crippen LogP contribution >= 0.6 is 0 Å². The van der Waals surface area contributed by atoms with Gasteiger partial charge in [-0.3, -0.25) is 4.79 Å². The predicted octanol–water partition coefficient (Wildman–Crippen LogP) is 2.40. The third-order valence-corrected chi connectivity index (χ3v) is 5.01. The van der Waals surface area contributed by atoms with Gasteiger partial charge < -0.3 is 15.6 Å². The lowest BCUT2D eigenvalue weighted by Gasteiger charge is -2.23. The lowest BCUT2D eigenvalue weighted by atomic mass is 9.92. The highest BCUT2D eigenvalue weighted by Crippen LogP contribution is 2.58. The molecule has 5 nitrogen and oxygen atoms in total. The first-order valence-corrected chi connectivity index (χ1v) is 7.88. The van der Waals surface area contributed by atoms with Crippen molar-refractivity contribution in [3.63, 3.8) is 0 Å². The third-order valence-electron chi connectivity index (χ3n) is 5.01. The summed E-state index contributed by atoms with van der Waals surface area (Å²) in [5.74, 6) is 1.16. The lowest BCUT2D eigenvalue weighted by Crippen LogP contribution is -2.31. The number of nitrogens with zero attached hydrogens (tertiary/aromatic N) is 1. The van der Waals surface area contributed by atoms with Crippen molar-refractivity contribution < 1.29 is 4.79 Å². The van der Waals surface area contributed by atoms with Gasteiger partial charge in [-0.1, -0.05) is 12.1 Å². The van der Waals surface area contributed by atoms with Crippen LogP contribution in [0.5, 0.6) is 0 Å². The molecule has 0 bridgehead atoms. The van der Waals surface area contributed by atoms with Crippen LogP contribution < -0.4 is 10.6 Å². The second kappa shape index (κ2) is 5.25. The molecule has 2 heterocycles. The summed E-state index contributed by atoms with van der Waals surface area (Å²) in [5.41, 5.74) is 2.10. The number of H-pyrrole nitrogens is 1. The van der Waals surface area contributed by atoms with Gasteiger partial charge in [-0.15, -0.1) is 0 Å². The predicted molar refractivity (Wildman–Crippen MR) is 85.3 cm³/mol. The van der Waals surface area contributed by atoms with Crippen LogP contribution in [-0.4, -0.2) is 29.0 Å². The Morgan fingerprint density at radius 2 is 2.18 bits per heavy atom. The topological polar surface area (TPSA) is 69.8 Å². The Balaban J connectivity index is 1.45. The molecular weight excluding hydrogens is 276 g/mol. The van der Waals surface area contributed by atoms with Crippen LogP contribution in [-0.2, 0) is 4.79 Å². The quantitative estimate of drug-likeness (QED) is 0.814. The molecule has 22 heavy (non-hydrogen) atoms. The van der Waals surface area contributed by atoms with E-state index in [2.05, 4.69) is 20.6 Å². The van der Waals surface area contributed by atoms with Gasteiger partial charge in [-0.2, -0.15) is 0 Å². The van der Waals surface area contributed by atoms with E-state index in [1.165, 1.54) is 0 Å². The molecule has 0 radical (unpaired) electrons. The molecule has 4 rings (SSSR count). The van der Waals surface area contributed by atoms with Crippen molar-refractivity contribution in [3.8, 4) is 11.4 Å². The number of carbonyl (C=O) groups is 1. The summed E-state index contributed by atoms with van der Waals surface area (Å²) in [7, 11) is 0. The molecule has 3 N–H and O–H groups in total. The van der Waals surface area contributed by atoms with Gasteiger partial charge in [0.1, 0.15) is 5.82 Å². The number of imidazole rings is 1. The minimum absolute atomic E-state index is 0.165. The smallest absolute Gasteiger partial charge is 0.228 e. The molecule has 1 saturated heterocycles. The maximum Gasteiger partial charge on any atom is 0.228 e. The van der Waals surface area contributed by atoms with E-state index < -0.39 is 0 Å². The van der Waals surface area contributed by atoms with Crippen LogP contribution in [0, 0.1) is 11.3 Å². The zero-order valence-electron chi connectivity index (χ0n) is 12.4. The highest BCUT2D eigenvalue weighted by Gasteiger charge is 2.57. The number of benzene rings is 1. The van der Waals surface area contributed by atoms with Gasteiger partial charge in [-0.25, -0.2) is 4.98 Å². The molecule has 5 heteroatoms. The lowest BCUT2D eigenvalue weighted by molar-refractivity contribution is -0.118. The molecule has 1 unspecified atom stereocenters. The minimum atomic E-state index is 0.165. The van der Waals surface area contributed by atoms with Crippen LogP contribution in [0.25, 0.3) is 11.4 Å². The molecule has 1 amide bonds. The Bertz CT molecular complexity index is 674. The van der Waals surface area contributed by atoms with Crippen molar-refractivity contribution in [2.45, 2.75) is 19.3 Å². The van der Waals surface area contributed by atoms with E-state index in [4.69, 9.17) is 0 Å². The van der Waals surface area contributed by atoms with Crippen molar-refractivity contribution >= 4 is 11.6 Å². The van der Waals surface area contributed by atoms with Crippen LogP contribution in [0.15, 0.2) is 36.7 Å². The number of aromatic nitrogens is 2. The average Bonchev–Trinajstić information content (AvgIpc) is 3.00. The van der Waals surface area contributed by atoms with Crippen molar-refractivity contribution in [1.29, 1.82) is 0 Å². The monoisotopic (exact) mass is 296 g/mol. The van der Waals surface area contributed by atoms with E-state index in [1.54, 1.807) is 12.4 Å². The van der Waals surface area contributed by atoms with E-state index in [0.29, 0.717) is 0 Å². The number of piperidine rings is 1. The summed E-state index contributed by atoms with van der Waals surface area (Å²) in [6, 6.07) is 7.83. The standard InChI is InChI=1S/C17H20N4O/c22-16(14-11-17(14)4-6-18-7-5-17)21-13-3-1-2-12(10-13)15-19-8-9-20-15/h1-3,8-10,14,18H,4-7,11H2,(H,19,20)(H,21,22). The fourth-order valence-corrected chi connectivity index (χ4v) is 3.59. The Morgan fingerprint density at radius 1 is 1.32 bits per heavy atom. The zero-order chi connectivity index (χ0) is 15.0. The van der Waals surface area contributed by atoms with Crippen molar-refractivity contribution in [2.24, 2.45) is 11.3 Å². The van der Waals surface area contributed by atoms with Crippen LogP contribution in [0.1, 0.15) is 19.3 Å². The summed E-state index contributed by atoms with van der Waals surface area (Å²) >= 11 is 0. The van der Waals surface area contributed by atoms with Crippen LogP contribution in [0.3, 0.4) is 0 Å². The fourth-order valence-electron chi connectivity index (χ4n) is 3.59. The van der Waals surface area contributed by atoms with E-state index in [9.17, 15) is 4.79 Å². The van der Waals surface area contributed by atoms with Gasteiger partial charge in [0.2, 0.25) is 5.91 Å². The van der Waals surface area contributed by atoms with E-state index >= 15 is 0 Å². The number of anilines is 1. The van der Waals surface area contributed by atoms with Gasteiger partial charge in [0, 0.05) is 29.6 Å². The Morgan fingerprint density at radius 3 is 2.95 bits per heavy atom. The van der Waals surface area contributed by atoms with Crippen molar-refractivity contribution in [3.05, 3.63) is 36.7 Å². The highest BCUT2D eigenvalue weighted by molar-refractivity contribution is 5.95. The van der Waals surface area contributed by atoms with E-state index in [-0.39, 0.29) is 17.2 Å². The average molecular weight is 296 g/mol. The molecule has 1 spiro atoms. The number of aromatic amines is 1. The van der Waals surface area contributed by atoms with Crippen LogP contribution in [0.2, 0.25) is 0 Å². The number of nitrogens with one attached hydrogen (secondary N) is 3. The second-order valence-electron chi connectivity index (χ2n) is 6.38. The van der Waals surface area contributed by atoms with Gasteiger partial charge >= 0.3 is 0 Å². The molecule has 1 aromatic heterocycles. The summed E-state index contributed by atoms with van der Waals surface area (Å²) in [6.07, 6.45) is 6.81. The summed E-state index contributed by atoms with van der Waals surface area (Å²) in [5, 5.41) is 6.45. The Labute approximate surface area is 129 Å². The van der Waals surface area contributed by atoms with Gasteiger partial charge in [0.05, 0.1) is 0 Å². The number of amides is 1. The zero-order valence-corrected chi connectivity index (χ0v) is 12.4. The molecule has 1 aliphatic carbocycles. The summed E-state index contributed by atoms with van der Waals surface area (Å²) < 4.78 is 0. The maximum atomic E-state index is 12.5. The summed E-state index contributed by atoms with van der Waals surface area (Å²) in [4.78, 5) is 19.8. The molecule has 114 valence electrons. The van der Waals surface area contributed by atoms with E-state index in [0.717, 1.165) is 49.4 Å². The van der Waals surface area contributed by atoms with Gasteiger partial charge in [0.25, 0.3) is 0 Å². The molecule has 2 aliphatic rings. The Hall–Kier alpha value is -2.14. The first-order chi connectivity index (χ1) is 10.8. The third kappa shape index (κ3) is 2.41. The summed E-state index contributed by atoms with van der Waals surface area (Å²) in [6.45, 7) is 2.08. The normalized spacial score (nSPS) is 22.5. The number of hydrogen-bond acceptors (Lipinski definition) is 3. The number of hydrogen-bond donors (Lipinski definition) is 3. The van der Waals surface area contributed by atoms with Gasteiger partial charge in [-0.05, 0) is 49.9 Å². The molecule has 1 aliphatic heterocycles. The van der Waals surface area contributed by atoms with E-state index in [1.807, 2.05) is 24.3 Å².